The van der Waals surface area contributed by atoms with Crippen molar-refractivity contribution in [3.05, 3.63) is 33.3 Å². The molecule has 21 heavy (non-hydrogen) atoms. The van der Waals surface area contributed by atoms with E-state index in [2.05, 4.69) is 15.9 Å². The molecular formula is C15H17BrClNO3. The van der Waals surface area contributed by atoms with E-state index in [9.17, 15) is 14.7 Å². The normalized spacial score (nSPS) is 21.6. The standard InChI is InChI=1S/C15H17BrClNO3/c1-2-6-15(14(20)21)7-3-8-18(15)13(19)10-4-5-11(16)12(17)9-10/h4-5,9H,2-3,6-8H2,1H3,(H,20,21). The molecule has 114 valence electrons. The zero-order valence-corrected chi connectivity index (χ0v) is 14.1. The maximum absolute atomic E-state index is 12.7. The summed E-state index contributed by atoms with van der Waals surface area (Å²) in [7, 11) is 0. The predicted molar refractivity (Wildman–Crippen MR) is 84.7 cm³/mol. The molecule has 0 saturated carbocycles. The first-order valence-corrected chi connectivity index (χ1v) is 8.10. The summed E-state index contributed by atoms with van der Waals surface area (Å²) in [4.78, 5) is 25.9. The summed E-state index contributed by atoms with van der Waals surface area (Å²) in [6, 6.07) is 4.94. The lowest BCUT2D eigenvalue weighted by molar-refractivity contribution is -0.148. The van der Waals surface area contributed by atoms with Crippen molar-refractivity contribution < 1.29 is 14.7 Å². The minimum Gasteiger partial charge on any atom is -0.479 e. The highest BCUT2D eigenvalue weighted by atomic mass is 79.9. The number of carboxylic acids is 1. The van der Waals surface area contributed by atoms with E-state index in [4.69, 9.17) is 11.6 Å². The van der Waals surface area contributed by atoms with Crippen molar-refractivity contribution in [3.8, 4) is 0 Å². The maximum atomic E-state index is 12.7. The molecule has 0 bridgehead atoms. The van der Waals surface area contributed by atoms with Crippen molar-refractivity contribution in [2.75, 3.05) is 6.54 Å². The molecular weight excluding hydrogens is 358 g/mol. The van der Waals surface area contributed by atoms with E-state index in [1.165, 1.54) is 4.90 Å². The van der Waals surface area contributed by atoms with Crippen LogP contribution in [0.2, 0.25) is 5.02 Å². The number of nitrogens with zero attached hydrogens (tertiary/aromatic N) is 1. The van der Waals surface area contributed by atoms with Crippen LogP contribution in [0.1, 0.15) is 43.0 Å². The topological polar surface area (TPSA) is 57.6 Å². The average Bonchev–Trinajstić information content (AvgIpc) is 2.86. The smallest absolute Gasteiger partial charge is 0.329 e. The highest BCUT2D eigenvalue weighted by molar-refractivity contribution is 9.10. The van der Waals surface area contributed by atoms with E-state index >= 15 is 0 Å². The summed E-state index contributed by atoms with van der Waals surface area (Å²) in [5.74, 6) is -1.18. The van der Waals surface area contributed by atoms with Gasteiger partial charge >= 0.3 is 5.97 Å². The van der Waals surface area contributed by atoms with Crippen LogP contribution in [-0.4, -0.2) is 34.0 Å². The fraction of sp³-hybridized carbons (Fsp3) is 0.467. The van der Waals surface area contributed by atoms with Crippen LogP contribution in [0, 0.1) is 0 Å². The lowest BCUT2D eigenvalue weighted by Crippen LogP contribution is -2.53. The van der Waals surface area contributed by atoms with E-state index in [1.54, 1.807) is 18.2 Å². The molecule has 1 aliphatic rings. The van der Waals surface area contributed by atoms with Crippen molar-refractivity contribution >= 4 is 39.4 Å². The van der Waals surface area contributed by atoms with Gasteiger partial charge in [-0.2, -0.15) is 0 Å². The number of carbonyl (C=O) groups is 2. The second-order valence-electron chi connectivity index (χ2n) is 5.28. The van der Waals surface area contributed by atoms with Crippen LogP contribution in [0.15, 0.2) is 22.7 Å². The molecule has 1 N–H and O–H groups in total. The number of amides is 1. The summed E-state index contributed by atoms with van der Waals surface area (Å²) in [6.07, 6.45) is 2.41. The molecule has 0 aliphatic carbocycles. The Morgan fingerprint density at radius 3 is 2.76 bits per heavy atom. The fourth-order valence-electron chi connectivity index (χ4n) is 2.96. The number of hydrogen-bond donors (Lipinski definition) is 1. The van der Waals surface area contributed by atoms with Gasteiger partial charge in [0.05, 0.1) is 5.02 Å². The molecule has 1 aliphatic heterocycles. The number of rotatable bonds is 4. The molecule has 1 aromatic carbocycles. The maximum Gasteiger partial charge on any atom is 0.329 e. The molecule has 1 unspecified atom stereocenters. The Kier molecular flexibility index (Phi) is 4.94. The summed E-state index contributed by atoms with van der Waals surface area (Å²) >= 11 is 9.31. The Morgan fingerprint density at radius 2 is 2.19 bits per heavy atom. The highest BCUT2D eigenvalue weighted by Crippen LogP contribution is 2.36. The van der Waals surface area contributed by atoms with Gasteiger partial charge in [-0.25, -0.2) is 4.79 Å². The molecule has 0 radical (unpaired) electrons. The highest BCUT2D eigenvalue weighted by Gasteiger charge is 2.49. The van der Waals surface area contributed by atoms with Crippen molar-refractivity contribution in [1.29, 1.82) is 0 Å². The zero-order valence-electron chi connectivity index (χ0n) is 11.7. The number of benzene rings is 1. The molecule has 1 saturated heterocycles. The van der Waals surface area contributed by atoms with Crippen LogP contribution in [0.5, 0.6) is 0 Å². The largest absolute Gasteiger partial charge is 0.479 e. The van der Waals surface area contributed by atoms with Gasteiger partial charge in [-0.05, 0) is 53.4 Å². The Hall–Kier alpha value is -1.07. The molecule has 1 atom stereocenters. The third-order valence-electron chi connectivity index (χ3n) is 3.96. The van der Waals surface area contributed by atoms with E-state index in [0.717, 1.165) is 6.42 Å². The van der Waals surface area contributed by atoms with Crippen molar-refractivity contribution in [1.82, 2.24) is 4.90 Å². The quantitative estimate of drug-likeness (QED) is 0.868. The van der Waals surface area contributed by atoms with Crippen LogP contribution in [0.25, 0.3) is 0 Å². The Labute approximate surface area is 137 Å². The van der Waals surface area contributed by atoms with Gasteiger partial charge in [0, 0.05) is 16.6 Å². The van der Waals surface area contributed by atoms with Gasteiger partial charge in [0.25, 0.3) is 5.91 Å². The van der Waals surface area contributed by atoms with Gasteiger partial charge in [-0.3, -0.25) is 4.79 Å². The molecule has 2 rings (SSSR count). The molecule has 0 aromatic heterocycles. The number of halogens is 2. The van der Waals surface area contributed by atoms with Gasteiger partial charge in [0.15, 0.2) is 0 Å². The molecule has 1 heterocycles. The summed E-state index contributed by atoms with van der Waals surface area (Å²) in [5.41, 5.74) is -0.655. The Bertz CT molecular complexity index is 578. The first-order chi connectivity index (χ1) is 9.92. The number of carbonyl (C=O) groups excluding carboxylic acids is 1. The molecule has 4 nitrogen and oxygen atoms in total. The third-order valence-corrected chi connectivity index (χ3v) is 5.19. The first-order valence-electron chi connectivity index (χ1n) is 6.93. The third kappa shape index (κ3) is 2.94. The molecule has 1 aromatic rings. The van der Waals surface area contributed by atoms with Crippen LogP contribution < -0.4 is 0 Å². The van der Waals surface area contributed by atoms with Crippen LogP contribution in [0.3, 0.4) is 0 Å². The molecule has 1 amide bonds. The van der Waals surface area contributed by atoms with Gasteiger partial charge in [0.2, 0.25) is 0 Å². The average molecular weight is 375 g/mol. The minimum atomic E-state index is -1.08. The SMILES string of the molecule is CCCC1(C(=O)O)CCCN1C(=O)c1ccc(Br)c(Cl)c1. The minimum absolute atomic E-state index is 0.266. The lowest BCUT2D eigenvalue weighted by Gasteiger charge is -2.34. The summed E-state index contributed by atoms with van der Waals surface area (Å²) < 4.78 is 0.709. The lowest BCUT2D eigenvalue weighted by atomic mass is 9.90. The second kappa shape index (κ2) is 6.36. The summed E-state index contributed by atoms with van der Waals surface area (Å²) in [6.45, 7) is 2.40. The molecule has 0 spiro atoms. The van der Waals surface area contributed by atoms with Crippen LogP contribution in [0.4, 0.5) is 0 Å². The second-order valence-corrected chi connectivity index (χ2v) is 6.54. The predicted octanol–water partition coefficient (Wildman–Crippen LogP) is 3.96. The van der Waals surface area contributed by atoms with Gasteiger partial charge in [-0.15, -0.1) is 0 Å². The Morgan fingerprint density at radius 1 is 1.48 bits per heavy atom. The van der Waals surface area contributed by atoms with Crippen LogP contribution in [-0.2, 0) is 4.79 Å². The first kappa shape index (κ1) is 16.3. The fourth-order valence-corrected chi connectivity index (χ4v) is 3.39. The summed E-state index contributed by atoms with van der Waals surface area (Å²) in [5, 5.41) is 10.1. The number of aliphatic carboxylic acids is 1. The van der Waals surface area contributed by atoms with Gasteiger partial charge in [-0.1, -0.05) is 24.9 Å². The number of likely N-dealkylation sites (tertiary alicyclic amines) is 1. The van der Waals surface area contributed by atoms with Gasteiger partial charge in [0.1, 0.15) is 5.54 Å². The van der Waals surface area contributed by atoms with Crippen LogP contribution >= 0.6 is 27.5 Å². The van der Waals surface area contributed by atoms with Crippen molar-refractivity contribution in [2.24, 2.45) is 0 Å². The van der Waals surface area contributed by atoms with Crippen molar-refractivity contribution in [2.45, 2.75) is 38.1 Å². The number of carboxylic acid groups (broad SMARTS) is 1. The van der Waals surface area contributed by atoms with E-state index in [1.807, 2.05) is 6.92 Å². The van der Waals surface area contributed by atoms with Crippen molar-refractivity contribution in [3.63, 3.8) is 0 Å². The molecule has 1 fully saturated rings. The van der Waals surface area contributed by atoms with E-state index in [-0.39, 0.29) is 5.91 Å². The van der Waals surface area contributed by atoms with E-state index in [0.29, 0.717) is 40.9 Å². The monoisotopic (exact) mass is 373 g/mol. The number of hydrogen-bond acceptors (Lipinski definition) is 2. The van der Waals surface area contributed by atoms with E-state index < -0.39 is 11.5 Å². The Balaban J connectivity index is 2.36. The van der Waals surface area contributed by atoms with Gasteiger partial charge < -0.3 is 10.0 Å². The molecule has 6 heteroatoms. The zero-order chi connectivity index (χ0) is 15.6.